The van der Waals surface area contributed by atoms with Gasteiger partial charge in [-0.05, 0) is 57.7 Å². The van der Waals surface area contributed by atoms with Crippen molar-refractivity contribution in [3.8, 4) is 0 Å². The molecule has 0 aliphatic heterocycles. The summed E-state index contributed by atoms with van der Waals surface area (Å²) in [6.07, 6.45) is 5.43. The average molecular weight is 240 g/mol. The van der Waals surface area contributed by atoms with Crippen LogP contribution in [-0.4, -0.2) is 37.1 Å². The number of rotatable bonds is 6. The van der Waals surface area contributed by atoms with Gasteiger partial charge < -0.3 is 10.2 Å². The Balaban J connectivity index is 2.49. The third kappa shape index (κ3) is 4.97. The Labute approximate surface area is 108 Å². The summed E-state index contributed by atoms with van der Waals surface area (Å²) < 4.78 is 0. The SMILES string of the molecule is CCNC1CCC(C)CC1N(C)CCC(C)C. The van der Waals surface area contributed by atoms with Gasteiger partial charge in [0, 0.05) is 12.1 Å². The van der Waals surface area contributed by atoms with Crippen LogP contribution in [0.4, 0.5) is 0 Å². The second-order valence-corrected chi connectivity index (χ2v) is 6.31. The summed E-state index contributed by atoms with van der Waals surface area (Å²) >= 11 is 0. The second-order valence-electron chi connectivity index (χ2n) is 6.31. The van der Waals surface area contributed by atoms with Gasteiger partial charge >= 0.3 is 0 Å². The van der Waals surface area contributed by atoms with Crippen LogP contribution < -0.4 is 5.32 Å². The van der Waals surface area contributed by atoms with Gasteiger partial charge in [-0.2, -0.15) is 0 Å². The predicted octanol–water partition coefficient (Wildman–Crippen LogP) is 3.13. The third-order valence-electron chi connectivity index (χ3n) is 4.17. The Kier molecular flexibility index (Phi) is 6.50. The summed E-state index contributed by atoms with van der Waals surface area (Å²) in [4.78, 5) is 2.60. The van der Waals surface area contributed by atoms with E-state index >= 15 is 0 Å². The van der Waals surface area contributed by atoms with Crippen molar-refractivity contribution in [2.24, 2.45) is 11.8 Å². The lowest BCUT2D eigenvalue weighted by Crippen LogP contribution is -2.52. The summed E-state index contributed by atoms with van der Waals surface area (Å²) in [5, 5.41) is 3.68. The van der Waals surface area contributed by atoms with Crippen LogP contribution in [0.2, 0.25) is 0 Å². The van der Waals surface area contributed by atoms with Crippen molar-refractivity contribution in [3.63, 3.8) is 0 Å². The van der Waals surface area contributed by atoms with Gasteiger partial charge in [0.05, 0.1) is 0 Å². The summed E-state index contributed by atoms with van der Waals surface area (Å²) in [5.74, 6) is 1.72. The van der Waals surface area contributed by atoms with E-state index in [-0.39, 0.29) is 0 Å². The minimum absolute atomic E-state index is 0.716. The zero-order valence-corrected chi connectivity index (χ0v) is 12.5. The van der Waals surface area contributed by atoms with Crippen molar-refractivity contribution < 1.29 is 0 Å². The molecule has 102 valence electrons. The fourth-order valence-electron chi connectivity index (χ4n) is 2.97. The van der Waals surface area contributed by atoms with Crippen LogP contribution >= 0.6 is 0 Å². The zero-order valence-electron chi connectivity index (χ0n) is 12.5. The minimum Gasteiger partial charge on any atom is -0.313 e. The molecule has 0 aromatic carbocycles. The number of likely N-dealkylation sites (N-methyl/N-ethyl adjacent to an activating group) is 2. The second kappa shape index (κ2) is 7.38. The van der Waals surface area contributed by atoms with E-state index in [0.717, 1.165) is 24.4 Å². The van der Waals surface area contributed by atoms with E-state index < -0.39 is 0 Å². The standard InChI is InChI=1S/C15H32N2/c1-6-16-14-8-7-13(4)11-15(14)17(5)10-9-12(2)3/h12-16H,6-11H2,1-5H3. The van der Waals surface area contributed by atoms with Crippen molar-refractivity contribution in [3.05, 3.63) is 0 Å². The van der Waals surface area contributed by atoms with Crippen molar-refractivity contribution in [2.75, 3.05) is 20.1 Å². The lowest BCUT2D eigenvalue weighted by Gasteiger charge is -2.41. The third-order valence-corrected chi connectivity index (χ3v) is 4.17. The van der Waals surface area contributed by atoms with Gasteiger partial charge in [0.25, 0.3) is 0 Å². The van der Waals surface area contributed by atoms with E-state index in [1.165, 1.54) is 32.2 Å². The highest BCUT2D eigenvalue weighted by Crippen LogP contribution is 2.27. The van der Waals surface area contributed by atoms with Crippen LogP contribution in [0.3, 0.4) is 0 Å². The smallest absolute Gasteiger partial charge is 0.0248 e. The predicted molar refractivity (Wildman–Crippen MR) is 76.4 cm³/mol. The van der Waals surface area contributed by atoms with Crippen LogP contribution in [0.25, 0.3) is 0 Å². The highest BCUT2D eigenvalue weighted by molar-refractivity contribution is 4.89. The van der Waals surface area contributed by atoms with E-state index in [0.29, 0.717) is 6.04 Å². The molecule has 0 radical (unpaired) electrons. The quantitative estimate of drug-likeness (QED) is 0.767. The zero-order chi connectivity index (χ0) is 12.8. The van der Waals surface area contributed by atoms with Gasteiger partial charge in [0.15, 0.2) is 0 Å². The monoisotopic (exact) mass is 240 g/mol. The van der Waals surface area contributed by atoms with Gasteiger partial charge in [0.1, 0.15) is 0 Å². The van der Waals surface area contributed by atoms with E-state index in [2.05, 4.69) is 45.0 Å². The Hall–Kier alpha value is -0.0800. The van der Waals surface area contributed by atoms with Crippen molar-refractivity contribution >= 4 is 0 Å². The summed E-state index contributed by atoms with van der Waals surface area (Å²) in [5.41, 5.74) is 0. The van der Waals surface area contributed by atoms with Crippen molar-refractivity contribution in [1.82, 2.24) is 10.2 Å². The van der Waals surface area contributed by atoms with E-state index in [4.69, 9.17) is 0 Å². The highest BCUT2D eigenvalue weighted by Gasteiger charge is 2.30. The minimum atomic E-state index is 0.716. The van der Waals surface area contributed by atoms with E-state index in [1.807, 2.05) is 0 Å². The number of hydrogen-bond acceptors (Lipinski definition) is 2. The summed E-state index contributed by atoms with van der Waals surface area (Å²) in [6.45, 7) is 11.6. The van der Waals surface area contributed by atoms with Gasteiger partial charge in [-0.25, -0.2) is 0 Å². The largest absolute Gasteiger partial charge is 0.313 e. The molecule has 0 spiro atoms. The molecule has 0 saturated heterocycles. The fraction of sp³-hybridized carbons (Fsp3) is 1.00. The molecule has 2 nitrogen and oxygen atoms in total. The normalized spacial score (nSPS) is 30.2. The topological polar surface area (TPSA) is 15.3 Å². The molecule has 1 saturated carbocycles. The molecule has 1 N–H and O–H groups in total. The molecule has 17 heavy (non-hydrogen) atoms. The van der Waals surface area contributed by atoms with Crippen LogP contribution in [0, 0.1) is 11.8 Å². The van der Waals surface area contributed by atoms with Crippen LogP contribution in [0.1, 0.15) is 53.4 Å². The molecule has 1 fully saturated rings. The maximum atomic E-state index is 3.68. The number of nitrogens with zero attached hydrogens (tertiary/aromatic N) is 1. The number of nitrogens with one attached hydrogen (secondary N) is 1. The lowest BCUT2D eigenvalue weighted by molar-refractivity contribution is 0.121. The van der Waals surface area contributed by atoms with Gasteiger partial charge in [-0.1, -0.05) is 27.7 Å². The van der Waals surface area contributed by atoms with E-state index in [9.17, 15) is 0 Å². The molecule has 1 aliphatic rings. The molecule has 0 amide bonds. The fourth-order valence-corrected chi connectivity index (χ4v) is 2.97. The molecule has 1 aliphatic carbocycles. The Morgan fingerprint density at radius 2 is 2.00 bits per heavy atom. The maximum Gasteiger partial charge on any atom is 0.0248 e. The van der Waals surface area contributed by atoms with Crippen molar-refractivity contribution in [2.45, 2.75) is 65.5 Å². The molecule has 3 atom stereocenters. The number of hydrogen-bond donors (Lipinski definition) is 1. The van der Waals surface area contributed by atoms with Gasteiger partial charge in [-0.3, -0.25) is 0 Å². The van der Waals surface area contributed by atoms with E-state index in [1.54, 1.807) is 0 Å². The first kappa shape index (κ1) is 15.0. The molecule has 0 aromatic heterocycles. The summed E-state index contributed by atoms with van der Waals surface area (Å²) in [6, 6.07) is 1.46. The molecule has 1 rings (SSSR count). The Morgan fingerprint density at radius 3 is 2.59 bits per heavy atom. The summed E-state index contributed by atoms with van der Waals surface area (Å²) in [7, 11) is 2.31. The molecule has 0 heterocycles. The van der Waals surface area contributed by atoms with Gasteiger partial charge in [0.2, 0.25) is 0 Å². The Bertz CT molecular complexity index is 203. The maximum absolute atomic E-state index is 3.68. The van der Waals surface area contributed by atoms with Crippen molar-refractivity contribution in [1.29, 1.82) is 0 Å². The molecule has 2 heteroatoms. The first-order chi connectivity index (χ1) is 8.04. The van der Waals surface area contributed by atoms with Crippen LogP contribution in [-0.2, 0) is 0 Å². The molecule has 0 bridgehead atoms. The highest BCUT2D eigenvalue weighted by atomic mass is 15.2. The Morgan fingerprint density at radius 1 is 1.29 bits per heavy atom. The average Bonchev–Trinajstić information content (AvgIpc) is 2.28. The first-order valence-corrected chi connectivity index (χ1v) is 7.48. The lowest BCUT2D eigenvalue weighted by atomic mass is 9.82. The van der Waals surface area contributed by atoms with Crippen LogP contribution in [0.5, 0.6) is 0 Å². The molecular formula is C15H32N2. The molecule has 3 unspecified atom stereocenters. The van der Waals surface area contributed by atoms with Gasteiger partial charge in [-0.15, -0.1) is 0 Å². The van der Waals surface area contributed by atoms with Crippen LogP contribution in [0.15, 0.2) is 0 Å². The first-order valence-electron chi connectivity index (χ1n) is 7.48. The molecule has 0 aromatic rings. The molecular weight excluding hydrogens is 208 g/mol.